The lowest BCUT2D eigenvalue weighted by atomic mass is 10.1. The number of rotatable bonds is 2. The smallest absolute Gasteiger partial charge is 0.251 e. The lowest BCUT2D eigenvalue weighted by molar-refractivity contribution is 0.0932. The van der Waals surface area contributed by atoms with Crippen molar-refractivity contribution in [3.05, 3.63) is 24.3 Å². The van der Waals surface area contributed by atoms with Gasteiger partial charge in [-0.1, -0.05) is 13.8 Å². The highest BCUT2D eigenvalue weighted by Gasteiger charge is 2.16. The van der Waals surface area contributed by atoms with Crippen LogP contribution in [0.2, 0.25) is 0 Å². The van der Waals surface area contributed by atoms with Crippen molar-refractivity contribution in [2.45, 2.75) is 13.8 Å². The van der Waals surface area contributed by atoms with Crippen molar-refractivity contribution in [2.75, 3.05) is 0 Å². The van der Waals surface area contributed by atoms with E-state index in [4.69, 9.17) is 0 Å². The predicted molar refractivity (Wildman–Crippen MR) is 50.0 cm³/mol. The molecule has 0 N–H and O–H groups in total. The summed E-state index contributed by atoms with van der Waals surface area (Å²) in [5.41, 5.74) is 0.489. The van der Waals surface area contributed by atoms with E-state index in [9.17, 15) is 4.79 Å². The second kappa shape index (κ2) is 3.17. The highest BCUT2D eigenvalue weighted by atomic mass is 16.1. The Labute approximate surface area is 80.8 Å². The molecule has 0 saturated heterocycles. The van der Waals surface area contributed by atoms with Gasteiger partial charge in [-0.25, -0.2) is 9.97 Å². The monoisotopic (exact) mass is 190 g/mol. The van der Waals surface area contributed by atoms with Crippen LogP contribution in [0.25, 0.3) is 5.78 Å². The normalized spacial score (nSPS) is 11.1. The van der Waals surface area contributed by atoms with Crippen molar-refractivity contribution in [2.24, 2.45) is 5.92 Å². The molecule has 0 aliphatic heterocycles. The third kappa shape index (κ3) is 1.26. The minimum Gasteiger partial charge on any atom is -0.292 e. The van der Waals surface area contributed by atoms with Crippen LogP contribution in [-0.4, -0.2) is 25.4 Å². The molecular formula is C9H10N4O. The first kappa shape index (κ1) is 8.80. The van der Waals surface area contributed by atoms with Gasteiger partial charge in [0.1, 0.15) is 5.69 Å². The fourth-order valence-electron chi connectivity index (χ4n) is 1.20. The van der Waals surface area contributed by atoms with Gasteiger partial charge >= 0.3 is 0 Å². The Balaban J connectivity index is 2.58. The second-order valence-corrected chi connectivity index (χ2v) is 3.32. The van der Waals surface area contributed by atoms with Gasteiger partial charge < -0.3 is 0 Å². The van der Waals surface area contributed by atoms with Crippen LogP contribution in [0.5, 0.6) is 0 Å². The number of ketones is 1. The van der Waals surface area contributed by atoms with E-state index in [0.717, 1.165) is 0 Å². The maximum Gasteiger partial charge on any atom is 0.251 e. The Kier molecular flexibility index (Phi) is 1.99. The number of carbonyl (C=O) groups is 1. The maximum atomic E-state index is 11.7. The summed E-state index contributed by atoms with van der Waals surface area (Å²) in [6.07, 6.45) is 4.59. The van der Waals surface area contributed by atoms with Crippen molar-refractivity contribution in [3.8, 4) is 0 Å². The fraction of sp³-hybridized carbons (Fsp3) is 0.333. The van der Waals surface area contributed by atoms with Crippen LogP contribution >= 0.6 is 0 Å². The van der Waals surface area contributed by atoms with E-state index < -0.39 is 0 Å². The molecule has 0 unspecified atom stereocenters. The molecule has 0 spiro atoms. The molecule has 2 rings (SSSR count). The molecule has 5 nitrogen and oxygen atoms in total. The number of imidazole rings is 1. The average molecular weight is 190 g/mol. The van der Waals surface area contributed by atoms with Crippen LogP contribution in [-0.2, 0) is 0 Å². The van der Waals surface area contributed by atoms with E-state index in [1.807, 2.05) is 13.8 Å². The third-order valence-corrected chi connectivity index (χ3v) is 1.94. The zero-order valence-electron chi connectivity index (χ0n) is 8.01. The summed E-state index contributed by atoms with van der Waals surface area (Å²) in [6.45, 7) is 3.69. The van der Waals surface area contributed by atoms with Gasteiger partial charge in [-0.2, -0.15) is 9.61 Å². The zero-order chi connectivity index (χ0) is 10.1. The maximum absolute atomic E-state index is 11.7. The summed E-state index contributed by atoms with van der Waals surface area (Å²) >= 11 is 0. The first-order valence-corrected chi connectivity index (χ1v) is 4.39. The molecule has 0 fully saturated rings. The number of hydrogen-bond donors (Lipinski definition) is 0. The van der Waals surface area contributed by atoms with Crippen LogP contribution < -0.4 is 0 Å². The van der Waals surface area contributed by atoms with E-state index in [2.05, 4.69) is 15.1 Å². The van der Waals surface area contributed by atoms with Crippen LogP contribution in [0, 0.1) is 5.92 Å². The first-order chi connectivity index (χ1) is 6.70. The van der Waals surface area contributed by atoms with Crippen molar-refractivity contribution in [1.82, 2.24) is 19.6 Å². The molecule has 0 atom stereocenters. The number of carbonyl (C=O) groups excluding carboxylic acids is 1. The molecule has 2 aromatic rings. The zero-order valence-corrected chi connectivity index (χ0v) is 8.01. The summed E-state index contributed by atoms with van der Waals surface area (Å²) < 4.78 is 1.46. The van der Waals surface area contributed by atoms with Crippen LogP contribution in [0.4, 0.5) is 0 Å². The number of Topliss-reactive ketones (excluding diaryl/α,β-unsaturated/α-hetero) is 1. The van der Waals surface area contributed by atoms with Gasteiger partial charge in [0, 0.05) is 5.92 Å². The van der Waals surface area contributed by atoms with Crippen molar-refractivity contribution in [3.63, 3.8) is 0 Å². The standard InChI is InChI=1S/C9H10N4O/c1-6(2)8(14)7-5-11-9-10-3-4-12-13(7)9/h3-6H,1-2H3. The number of fused-ring (bicyclic) bond motifs is 1. The van der Waals surface area contributed by atoms with Gasteiger partial charge in [0.2, 0.25) is 0 Å². The molecule has 72 valence electrons. The third-order valence-electron chi connectivity index (χ3n) is 1.94. The average Bonchev–Trinajstić information content (AvgIpc) is 2.60. The summed E-state index contributed by atoms with van der Waals surface area (Å²) in [5.74, 6) is 0.423. The van der Waals surface area contributed by atoms with Gasteiger partial charge in [-0.15, -0.1) is 0 Å². The Morgan fingerprint density at radius 1 is 1.36 bits per heavy atom. The Hall–Kier alpha value is -1.78. The summed E-state index contributed by atoms with van der Waals surface area (Å²) in [4.78, 5) is 19.7. The van der Waals surface area contributed by atoms with Gasteiger partial charge in [0.25, 0.3) is 5.78 Å². The molecule has 0 bridgehead atoms. The van der Waals surface area contributed by atoms with Gasteiger partial charge in [-0.05, 0) is 0 Å². The summed E-state index contributed by atoms with van der Waals surface area (Å²) in [5, 5.41) is 4.02. The minimum atomic E-state index is -0.0584. The number of hydrogen-bond acceptors (Lipinski definition) is 4. The van der Waals surface area contributed by atoms with Crippen LogP contribution in [0.3, 0.4) is 0 Å². The van der Waals surface area contributed by atoms with Crippen molar-refractivity contribution >= 4 is 11.6 Å². The molecule has 2 heterocycles. The lowest BCUT2D eigenvalue weighted by Crippen LogP contribution is -2.11. The first-order valence-electron chi connectivity index (χ1n) is 4.39. The number of aromatic nitrogens is 4. The molecule has 14 heavy (non-hydrogen) atoms. The van der Waals surface area contributed by atoms with Crippen molar-refractivity contribution < 1.29 is 4.79 Å². The molecular weight excluding hydrogens is 180 g/mol. The number of nitrogens with zero attached hydrogens (tertiary/aromatic N) is 4. The predicted octanol–water partition coefficient (Wildman–Crippen LogP) is 0.963. The quantitative estimate of drug-likeness (QED) is 0.662. The molecule has 0 aromatic carbocycles. The summed E-state index contributed by atoms with van der Waals surface area (Å²) in [6, 6.07) is 0. The summed E-state index contributed by atoms with van der Waals surface area (Å²) in [7, 11) is 0. The lowest BCUT2D eigenvalue weighted by Gasteiger charge is -2.01. The second-order valence-electron chi connectivity index (χ2n) is 3.32. The largest absolute Gasteiger partial charge is 0.292 e. The molecule has 5 heteroatoms. The van der Waals surface area contributed by atoms with Crippen molar-refractivity contribution in [1.29, 1.82) is 0 Å². The van der Waals surface area contributed by atoms with Gasteiger partial charge in [0.15, 0.2) is 5.78 Å². The Bertz CT molecular complexity index is 474. The van der Waals surface area contributed by atoms with E-state index >= 15 is 0 Å². The molecule has 0 saturated carbocycles. The highest BCUT2D eigenvalue weighted by molar-refractivity contribution is 5.96. The minimum absolute atomic E-state index is 0.0259. The Morgan fingerprint density at radius 3 is 2.86 bits per heavy atom. The topological polar surface area (TPSA) is 60.2 Å². The van der Waals surface area contributed by atoms with Crippen LogP contribution in [0.1, 0.15) is 24.3 Å². The SMILES string of the molecule is CC(C)C(=O)c1cnc2nccnn12. The molecule has 0 aliphatic carbocycles. The molecule has 0 radical (unpaired) electrons. The highest BCUT2D eigenvalue weighted by Crippen LogP contribution is 2.08. The van der Waals surface area contributed by atoms with E-state index in [0.29, 0.717) is 11.5 Å². The van der Waals surface area contributed by atoms with Crippen LogP contribution in [0.15, 0.2) is 18.6 Å². The van der Waals surface area contributed by atoms with Gasteiger partial charge in [0.05, 0.1) is 18.6 Å². The molecule has 0 amide bonds. The van der Waals surface area contributed by atoms with E-state index in [-0.39, 0.29) is 11.7 Å². The van der Waals surface area contributed by atoms with Gasteiger partial charge in [-0.3, -0.25) is 4.79 Å². The Morgan fingerprint density at radius 2 is 2.14 bits per heavy atom. The van der Waals surface area contributed by atoms with E-state index in [1.165, 1.54) is 16.9 Å². The molecule has 2 aromatic heterocycles. The molecule has 0 aliphatic rings. The fourth-order valence-corrected chi connectivity index (χ4v) is 1.20. The van der Waals surface area contributed by atoms with E-state index in [1.54, 1.807) is 6.20 Å².